The lowest BCUT2D eigenvalue weighted by atomic mass is 9.94. The van der Waals surface area contributed by atoms with Crippen LogP contribution in [-0.4, -0.2) is 23.2 Å². The van der Waals surface area contributed by atoms with Crippen molar-refractivity contribution in [2.75, 3.05) is 6.61 Å². The zero-order valence-corrected chi connectivity index (χ0v) is 12.2. The number of para-hydroxylation sites is 1. The predicted octanol–water partition coefficient (Wildman–Crippen LogP) is 3.02. The number of hydrogen-bond donors (Lipinski definition) is 2. The molecule has 0 saturated carbocycles. The first-order valence-corrected chi connectivity index (χ1v) is 6.92. The Kier molecular flexibility index (Phi) is 4.14. The van der Waals surface area contributed by atoms with Gasteiger partial charge in [-0.25, -0.2) is 0 Å². The van der Waals surface area contributed by atoms with Crippen LogP contribution in [0.3, 0.4) is 0 Å². The quantitative estimate of drug-likeness (QED) is 0.881. The molecule has 1 unspecified atom stereocenters. The second kappa shape index (κ2) is 5.67. The van der Waals surface area contributed by atoms with E-state index in [2.05, 4.69) is 5.32 Å². The minimum Gasteiger partial charge on any atom is -0.451 e. The number of nitrogens with one attached hydrogen (secondary N) is 1. The van der Waals surface area contributed by atoms with E-state index in [1.165, 1.54) is 0 Å². The van der Waals surface area contributed by atoms with Crippen LogP contribution in [0.25, 0.3) is 11.0 Å². The highest BCUT2D eigenvalue weighted by atomic mass is 16.3. The molecule has 108 valence electrons. The fourth-order valence-electron chi connectivity index (χ4n) is 2.30. The molecule has 20 heavy (non-hydrogen) atoms. The molecule has 0 aliphatic heterocycles. The highest BCUT2D eigenvalue weighted by Crippen LogP contribution is 2.25. The van der Waals surface area contributed by atoms with Crippen LogP contribution < -0.4 is 5.32 Å². The number of benzene rings is 1. The van der Waals surface area contributed by atoms with Gasteiger partial charge in [-0.15, -0.1) is 0 Å². The van der Waals surface area contributed by atoms with E-state index < -0.39 is 5.54 Å². The van der Waals surface area contributed by atoms with Crippen LogP contribution in [0.5, 0.6) is 0 Å². The van der Waals surface area contributed by atoms with Gasteiger partial charge in [-0.1, -0.05) is 25.1 Å². The van der Waals surface area contributed by atoms with E-state index in [-0.39, 0.29) is 12.5 Å². The molecule has 1 aromatic carbocycles. The zero-order valence-electron chi connectivity index (χ0n) is 12.2. The third kappa shape index (κ3) is 2.70. The predicted molar refractivity (Wildman–Crippen MR) is 78.8 cm³/mol. The second-order valence-electron chi connectivity index (χ2n) is 5.39. The van der Waals surface area contributed by atoms with Crippen molar-refractivity contribution in [1.82, 2.24) is 5.32 Å². The van der Waals surface area contributed by atoms with Gasteiger partial charge in [0.2, 0.25) is 0 Å². The molecular formula is C16H21NO3. The Morgan fingerprint density at radius 3 is 2.70 bits per heavy atom. The summed E-state index contributed by atoms with van der Waals surface area (Å²) in [6.07, 6.45) is 1.27. The first-order chi connectivity index (χ1) is 9.50. The van der Waals surface area contributed by atoms with E-state index in [9.17, 15) is 4.79 Å². The maximum Gasteiger partial charge on any atom is 0.287 e. The smallest absolute Gasteiger partial charge is 0.287 e. The molecule has 2 N–H and O–H groups in total. The first-order valence-electron chi connectivity index (χ1n) is 6.92. The molecule has 1 heterocycles. The zero-order chi connectivity index (χ0) is 14.8. The van der Waals surface area contributed by atoms with Gasteiger partial charge in [0.25, 0.3) is 5.91 Å². The Bertz CT molecular complexity index is 617. The van der Waals surface area contributed by atoms with E-state index in [0.717, 1.165) is 23.0 Å². The Morgan fingerprint density at radius 2 is 2.10 bits per heavy atom. The van der Waals surface area contributed by atoms with Crippen LogP contribution in [0.15, 0.2) is 28.7 Å². The molecule has 2 rings (SSSR count). The monoisotopic (exact) mass is 275 g/mol. The van der Waals surface area contributed by atoms with E-state index in [1.807, 2.05) is 45.0 Å². The molecule has 0 aliphatic carbocycles. The van der Waals surface area contributed by atoms with Crippen molar-refractivity contribution in [3.63, 3.8) is 0 Å². The average Bonchev–Trinajstić information content (AvgIpc) is 2.77. The van der Waals surface area contributed by atoms with Crippen LogP contribution in [0.1, 0.15) is 42.8 Å². The third-order valence-electron chi connectivity index (χ3n) is 3.91. The van der Waals surface area contributed by atoms with Gasteiger partial charge < -0.3 is 14.8 Å². The van der Waals surface area contributed by atoms with Crippen LogP contribution in [0.4, 0.5) is 0 Å². The Balaban J connectivity index is 2.29. The Labute approximate surface area is 118 Å². The van der Waals surface area contributed by atoms with Gasteiger partial charge in [-0.3, -0.25) is 4.79 Å². The van der Waals surface area contributed by atoms with Crippen molar-refractivity contribution in [3.05, 3.63) is 35.6 Å². The summed E-state index contributed by atoms with van der Waals surface area (Å²) in [5.74, 6) is 0.125. The number of carbonyl (C=O) groups excluding carboxylic acids is 1. The topological polar surface area (TPSA) is 62.5 Å². The van der Waals surface area contributed by atoms with Gasteiger partial charge in [-0.2, -0.15) is 0 Å². The van der Waals surface area contributed by atoms with Crippen molar-refractivity contribution in [2.45, 2.75) is 39.2 Å². The van der Waals surface area contributed by atoms with E-state index in [1.54, 1.807) is 0 Å². The van der Waals surface area contributed by atoms with Crippen LogP contribution in [0, 0.1) is 6.92 Å². The summed E-state index contributed by atoms with van der Waals surface area (Å²) in [6, 6.07) is 7.60. The Hall–Kier alpha value is -1.81. The van der Waals surface area contributed by atoms with Gasteiger partial charge in [-0.05, 0) is 32.8 Å². The highest BCUT2D eigenvalue weighted by molar-refractivity contribution is 5.99. The molecule has 0 radical (unpaired) electrons. The minimum absolute atomic E-state index is 0.0454. The number of hydrogen-bond acceptors (Lipinski definition) is 3. The Morgan fingerprint density at radius 1 is 1.40 bits per heavy atom. The van der Waals surface area contributed by atoms with Crippen LogP contribution in [0.2, 0.25) is 0 Å². The number of furan rings is 1. The molecule has 1 aromatic heterocycles. The lowest BCUT2D eigenvalue weighted by Crippen LogP contribution is -2.46. The summed E-state index contributed by atoms with van der Waals surface area (Å²) < 4.78 is 5.65. The molecule has 1 amide bonds. The number of amides is 1. The summed E-state index contributed by atoms with van der Waals surface area (Å²) >= 11 is 0. The molecule has 2 aromatic rings. The molecule has 0 bridgehead atoms. The highest BCUT2D eigenvalue weighted by Gasteiger charge is 2.27. The molecule has 0 saturated heterocycles. The standard InChI is InChI=1S/C16H21NO3/c1-4-16(3,9-10-18)17-15(19)14-11(2)12-7-5-6-8-13(12)20-14/h5-8,18H,4,9-10H2,1-3H3,(H,17,19). The first kappa shape index (κ1) is 14.6. The third-order valence-corrected chi connectivity index (χ3v) is 3.91. The maximum atomic E-state index is 12.4. The van der Waals surface area contributed by atoms with Crippen LogP contribution in [-0.2, 0) is 0 Å². The largest absolute Gasteiger partial charge is 0.451 e. The van der Waals surface area contributed by atoms with Gasteiger partial charge in [0.05, 0.1) is 0 Å². The molecule has 4 nitrogen and oxygen atoms in total. The lowest BCUT2D eigenvalue weighted by molar-refractivity contribution is 0.0859. The second-order valence-corrected chi connectivity index (χ2v) is 5.39. The van der Waals surface area contributed by atoms with Gasteiger partial charge in [0.15, 0.2) is 5.76 Å². The molecular weight excluding hydrogens is 254 g/mol. The number of aryl methyl sites for hydroxylation is 1. The fourth-order valence-corrected chi connectivity index (χ4v) is 2.30. The van der Waals surface area contributed by atoms with E-state index in [0.29, 0.717) is 12.2 Å². The van der Waals surface area contributed by atoms with Crippen molar-refractivity contribution >= 4 is 16.9 Å². The van der Waals surface area contributed by atoms with Crippen molar-refractivity contribution < 1.29 is 14.3 Å². The fraction of sp³-hybridized carbons (Fsp3) is 0.438. The number of aliphatic hydroxyl groups is 1. The summed E-state index contributed by atoms with van der Waals surface area (Å²) in [6.45, 7) is 5.85. The van der Waals surface area contributed by atoms with E-state index >= 15 is 0 Å². The summed E-state index contributed by atoms with van der Waals surface area (Å²) in [7, 11) is 0. The molecule has 4 heteroatoms. The molecule has 0 spiro atoms. The normalized spacial score (nSPS) is 14.2. The summed E-state index contributed by atoms with van der Waals surface area (Å²) in [4.78, 5) is 12.4. The van der Waals surface area contributed by atoms with Gasteiger partial charge in [0.1, 0.15) is 5.58 Å². The summed E-state index contributed by atoms with van der Waals surface area (Å²) in [5.41, 5.74) is 1.15. The molecule has 0 aliphatic rings. The maximum absolute atomic E-state index is 12.4. The minimum atomic E-state index is -0.419. The lowest BCUT2D eigenvalue weighted by Gasteiger charge is -2.28. The molecule has 1 atom stereocenters. The van der Waals surface area contributed by atoms with Crippen molar-refractivity contribution in [2.24, 2.45) is 0 Å². The van der Waals surface area contributed by atoms with Crippen molar-refractivity contribution in [3.8, 4) is 0 Å². The number of aliphatic hydroxyl groups excluding tert-OH is 1. The summed E-state index contributed by atoms with van der Waals surface area (Å²) in [5, 5.41) is 13.0. The van der Waals surface area contributed by atoms with Gasteiger partial charge in [0, 0.05) is 23.1 Å². The van der Waals surface area contributed by atoms with Crippen molar-refractivity contribution in [1.29, 1.82) is 0 Å². The number of carbonyl (C=O) groups is 1. The average molecular weight is 275 g/mol. The molecule has 0 fully saturated rings. The van der Waals surface area contributed by atoms with Crippen LogP contribution >= 0.6 is 0 Å². The number of fused-ring (bicyclic) bond motifs is 1. The van der Waals surface area contributed by atoms with E-state index in [4.69, 9.17) is 9.52 Å². The SMILES string of the molecule is CCC(C)(CCO)NC(=O)c1oc2ccccc2c1C. The number of rotatable bonds is 5. The van der Waals surface area contributed by atoms with Gasteiger partial charge >= 0.3 is 0 Å².